The van der Waals surface area contributed by atoms with E-state index in [2.05, 4.69) is 69.3 Å². The largest absolute Gasteiger partial charge is 0.505 e. The Bertz CT molecular complexity index is 1770. The highest BCUT2D eigenvalue weighted by Gasteiger charge is 2.32. The van der Waals surface area contributed by atoms with E-state index >= 15 is 0 Å². The van der Waals surface area contributed by atoms with Gasteiger partial charge < -0.3 is 20.5 Å². The standard InChI is InChI=1S/C39H48Cl3N3O5/c1-11-30(50-31-17-14-22(38(7,8)12-2)18-25(31)39(9,10)13-3)35(48)44-23-15-16-26(40)29(21-23)45-36(49)32(34(47)37(4,5)6)43-24-19-27(41)33(46)28(42)20-24/h14-21,30,46H,11-13H2,1-10H3,(H,44,48)(H,45,49). The van der Waals surface area contributed by atoms with E-state index in [0.717, 1.165) is 18.4 Å². The SMILES string of the molecule is CCC(Oc1ccc(C(C)(C)CC)cc1C(C)(C)CC)C(=O)Nc1ccc(Cl)c(NC(=O)C(=Nc2cc(Cl)c(O)c(Cl)c2)C(=O)C(C)(C)C)c1. The molecule has 0 aliphatic heterocycles. The van der Waals surface area contributed by atoms with E-state index in [9.17, 15) is 19.5 Å². The number of amides is 2. The van der Waals surface area contributed by atoms with E-state index in [0.29, 0.717) is 17.9 Å². The minimum Gasteiger partial charge on any atom is -0.505 e. The molecular formula is C39H48Cl3N3O5. The lowest BCUT2D eigenvalue weighted by Gasteiger charge is -2.31. The van der Waals surface area contributed by atoms with Crippen LogP contribution in [-0.2, 0) is 25.2 Å². The molecule has 0 aliphatic rings. The first-order valence-corrected chi connectivity index (χ1v) is 17.8. The van der Waals surface area contributed by atoms with E-state index in [1.54, 1.807) is 26.8 Å². The Morgan fingerprint density at radius 3 is 1.94 bits per heavy atom. The molecule has 270 valence electrons. The van der Waals surface area contributed by atoms with Gasteiger partial charge in [-0.3, -0.25) is 14.4 Å². The van der Waals surface area contributed by atoms with Crippen LogP contribution in [0.15, 0.2) is 53.5 Å². The molecule has 0 spiro atoms. The number of phenols is 1. The zero-order valence-corrected chi connectivity index (χ0v) is 32.7. The second-order valence-electron chi connectivity index (χ2n) is 14.6. The number of ether oxygens (including phenoxy) is 1. The van der Waals surface area contributed by atoms with Crippen molar-refractivity contribution < 1.29 is 24.2 Å². The number of hydrogen-bond donors (Lipinski definition) is 3. The first-order valence-electron chi connectivity index (χ1n) is 16.7. The highest BCUT2D eigenvalue weighted by molar-refractivity contribution is 6.68. The quantitative estimate of drug-likeness (QED) is 0.119. The van der Waals surface area contributed by atoms with Crippen LogP contribution in [0.2, 0.25) is 15.1 Å². The number of benzene rings is 3. The van der Waals surface area contributed by atoms with Gasteiger partial charge in [-0.25, -0.2) is 4.99 Å². The van der Waals surface area contributed by atoms with Crippen molar-refractivity contribution in [1.82, 2.24) is 0 Å². The maximum atomic E-state index is 13.6. The summed E-state index contributed by atoms with van der Waals surface area (Å²) in [7, 11) is 0. The van der Waals surface area contributed by atoms with E-state index < -0.39 is 28.9 Å². The van der Waals surface area contributed by atoms with E-state index in [-0.39, 0.29) is 48.9 Å². The summed E-state index contributed by atoms with van der Waals surface area (Å²) in [5.41, 5.74) is 1.22. The molecule has 2 amide bonds. The van der Waals surface area contributed by atoms with Gasteiger partial charge >= 0.3 is 0 Å². The molecule has 1 atom stereocenters. The fourth-order valence-corrected chi connectivity index (χ4v) is 5.50. The molecule has 0 aromatic heterocycles. The van der Waals surface area contributed by atoms with Gasteiger partial charge in [-0.15, -0.1) is 0 Å². The maximum absolute atomic E-state index is 13.6. The minimum atomic E-state index is -0.978. The molecule has 3 aromatic rings. The van der Waals surface area contributed by atoms with Gasteiger partial charge in [0.05, 0.1) is 26.4 Å². The highest BCUT2D eigenvalue weighted by atomic mass is 35.5. The van der Waals surface area contributed by atoms with Crippen molar-refractivity contribution in [1.29, 1.82) is 0 Å². The van der Waals surface area contributed by atoms with Gasteiger partial charge in [-0.05, 0) is 72.1 Å². The van der Waals surface area contributed by atoms with Crippen LogP contribution >= 0.6 is 34.8 Å². The average Bonchev–Trinajstić information content (AvgIpc) is 3.05. The Kier molecular flexibility index (Phi) is 13.2. The third kappa shape index (κ3) is 9.80. The Morgan fingerprint density at radius 2 is 1.40 bits per heavy atom. The summed E-state index contributed by atoms with van der Waals surface area (Å²) >= 11 is 18.6. The van der Waals surface area contributed by atoms with Crippen molar-refractivity contribution in [2.24, 2.45) is 10.4 Å². The lowest BCUT2D eigenvalue weighted by molar-refractivity contribution is -0.123. The molecule has 0 heterocycles. The summed E-state index contributed by atoms with van der Waals surface area (Å²) in [6.07, 6.45) is 1.45. The summed E-state index contributed by atoms with van der Waals surface area (Å²) < 4.78 is 6.41. The van der Waals surface area contributed by atoms with Crippen molar-refractivity contribution in [2.45, 2.75) is 105 Å². The Labute approximate surface area is 311 Å². The number of aliphatic imine (C=N–C) groups is 1. The Hall–Kier alpha value is -3.59. The number of nitrogens with one attached hydrogen (secondary N) is 2. The number of anilines is 2. The number of rotatable bonds is 13. The van der Waals surface area contributed by atoms with Crippen molar-refractivity contribution >= 4 is 75.2 Å². The monoisotopic (exact) mass is 743 g/mol. The first kappa shape index (κ1) is 40.8. The summed E-state index contributed by atoms with van der Waals surface area (Å²) in [4.78, 5) is 44.8. The molecule has 3 aromatic carbocycles. The van der Waals surface area contributed by atoms with Crippen LogP contribution in [0.1, 0.15) is 99.6 Å². The van der Waals surface area contributed by atoms with Crippen molar-refractivity contribution in [3.8, 4) is 11.5 Å². The van der Waals surface area contributed by atoms with E-state index in [4.69, 9.17) is 39.5 Å². The zero-order valence-electron chi connectivity index (χ0n) is 30.5. The average molecular weight is 745 g/mol. The second kappa shape index (κ2) is 16.2. The van der Waals surface area contributed by atoms with Crippen LogP contribution < -0.4 is 15.4 Å². The van der Waals surface area contributed by atoms with Gasteiger partial charge in [0.15, 0.2) is 23.3 Å². The minimum absolute atomic E-state index is 0.0139. The third-order valence-corrected chi connectivity index (χ3v) is 9.93. The molecule has 50 heavy (non-hydrogen) atoms. The molecule has 3 N–H and O–H groups in total. The molecule has 3 rings (SSSR count). The molecule has 0 saturated heterocycles. The summed E-state index contributed by atoms with van der Waals surface area (Å²) in [5.74, 6) is -1.47. The van der Waals surface area contributed by atoms with Gasteiger partial charge in [0.25, 0.3) is 11.8 Å². The number of halogens is 3. The summed E-state index contributed by atoms with van der Waals surface area (Å²) in [6, 6.07) is 13.4. The van der Waals surface area contributed by atoms with Gasteiger partial charge in [-0.2, -0.15) is 0 Å². The molecular weight excluding hydrogens is 697 g/mol. The zero-order chi connectivity index (χ0) is 37.8. The lowest BCUT2D eigenvalue weighted by atomic mass is 9.76. The van der Waals surface area contributed by atoms with E-state index in [1.807, 2.05) is 13.0 Å². The van der Waals surface area contributed by atoms with Crippen LogP contribution in [0.4, 0.5) is 17.1 Å². The molecule has 0 bridgehead atoms. The second-order valence-corrected chi connectivity index (χ2v) is 15.9. The molecule has 1 unspecified atom stereocenters. The van der Waals surface area contributed by atoms with Gasteiger partial charge in [-0.1, -0.05) is 116 Å². The van der Waals surface area contributed by atoms with Gasteiger partial charge in [0, 0.05) is 16.7 Å². The normalized spacial score (nSPS) is 13.1. The number of ketones is 1. The number of hydrogen-bond acceptors (Lipinski definition) is 6. The van der Waals surface area contributed by atoms with Crippen molar-refractivity contribution in [3.05, 3.63) is 74.7 Å². The van der Waals surface area contributed by atoms with Gasteiger partial charge in [0.1, 0.15) is 5.75 Å². The van der Waals surface area contributed by atoms with Crippen LogP contribution in [0.3, 0.4) is 0 Å². The first-order chi connectivity index (χ1) is 23.1. The third-order valence-electron chi connectivity index (χ3n) is 9.03. The fraction of sp³-hybridized carbons (Fsp3) is 0.436. The van der Waals surface area contributed by atoms with Crippen molar-refractivity contribution in [3.63, 3.8) is 0 Å². The number of nitrogens with zero attached hydrogens (tertiary/aromatic N) is 1. The van der Waals surface area contributed by atoms with Crippen LogP contribution in [0.25, 0.3) is 0 Å². The molecule has 0 saturated carbocycles. The molecule has 0 aliphatic carbocycles. The number of carbonyl (C=O) groups is 3. The van der Waals surface area contributed by atoms with Crippen LogP contribution in [-0.4, -0.2) is 34.5 Å². The Balaban J connectivity index is 1.91. The van der Waals surface area contributed by atoms with Crippen molar-refractivity contribution in [2.75, 3.05) is 10.6 Å². The lowest BCUT2D eigenvalue weighted by Crippen LogP contribution is -2.37. The highest BCUT2D eigenvalue weighted by Crippen LogP contribution is 2.40. The predicted molar refractivity (Wildman–Crippen MR) is 206 cm³/mol. The van der Waals surface area contributed by atoms with Crippen LogP contribution in [0, 0.1) is 5.41 Å². The number of phenolic OH excluding ortho intramolecular Hbond substituents is 1. The number of carbonyl (C=O) groups excluding carboxylic acids is 3. The number of Topliss-reactive ketones (excluding diaryl/α,β-unsaturated/α-hetero) is 1. The molecule has 0 fully saturated rings. The topological polar surface area (TPSA) is 117 Å². The summed E-state index contributed by atoms with van der Waals surface area (Å²) in [5, 5.41) is 15.4. The molecule has 11 heteroatoms. The predicted octanol–water partition coefficient (Wildman–Crippen LogP) is 10.9. The number of aromatic hydroxyl groups is 1. The fourth-order valence-electron chi connectivity index (χ4n) is 4.86. The summed E-state index contributed by atoms with van der Waals surface area (Å²) in [6.45, 7) is 19.9. The van der Waals surface area contributed by atoms with Crippen LogP contribution in [0.5, 0.6) is 11.5 Å². The maximum Gasteiger partial charge on any atom is 0.278 e. The smallest absolute Gasteiger partial charge is 0.278 e. The van der Waals surface area contributed by atoms with Gasteiger partial charge in [0.2, 0.25) is 0 Å². The van der Waals surface area contributed by atoms with E-state index in [1.165, 1.54) is 29.8 Å². The Morgan fingerprint density at radius 1 is 0.800 bits per heavy atom. The molecule has 0 radical (unpaired) electrons. The molecule has 8 nitrogen and oxygen atoms in total.